The molecular weight excluding hydrogens is 414 g/mol. The lowest BCUT2D eigenvalue weighted by atomic mass is 10.1. The van der Waals surface area contributed by atoms with Crippen LogP contribution in [-0.2, 0) is 0 Å². The summed E-state index contributed by atoms with van der Waals surface area (Å²) in [5.41, 5.74) is 5.33. The van der Waals surface area contributed by atoms with Crippen LogP contribution in [-0.4, -0.2) is 21.6 Å². The Bertz CT molecular complexity index is 1350. The maximum atomic E-state index is 5.65. The lowest BCUT2D eigenvalue weighted by Crippen LogP contribution is -1.98. The van der Waals surface area contributed by atoms with E-state index < -0.39 is 0 Å². The first-order valence-corrected chi connectivity index (χ1v) is 11.4. The molecule has 1 unspecified atom stereocenters. The van der Waals surface area contributed by atoms with Crippen molar-refractivity contribution in [3.63, 3.8) is 0 Å². The summed E-state index contributed by atoms with van der Waals surface area (Å²) in [5, 5.41) is 2.28. The molecule has 0 amide bonds. The molecule has 0 fully saturated rings. The molecule has 0 saturated heterocycles. The Morgan fingerprint density at radius 1 is 0.844 bits per heavy atom. The highest BCUT2D eigenvalue weighted by molar-refractivity contribution is 7.99. The quantitative estimate of drug-likeness (QED) is 0.213. The van der Waals surface area contributed by atoms with Crippen LogP contribution in [0.4, 0.5) is 0 Å². The Kier molecular flexibility index (Phi) is 5.65. The third kappa shape index (κ3) is 3.76. The van der Waals surface area contributed by atoms with Crippen LogP contribution in [0.1, 0.15) is 17.7 Å². The van der Waals surface area contributed by atoms with Crippen molar-refractivity contribution in [1.82, 2.24) is 14.5 Å². The Balaban J connectivity index is 1.72. The molecule has 0 saturated carbocycles. The molecule has 0 spiro atoms. The average molecular weight is 438 g/mol. The highest BCUT2D eigenvalue weighted by Crippen LogP contribution is 2.42. The van der Waals surface area contributed by atoms with E-state index in [1.807, 2.05) is 30.3 Å². The standard InChI is InChI=1S/C27H23N3OS/c1-19(20-11-5-3-6-12-20)32-27-25-22(21-13-7-4-8-14-21)17-30(26(25)28-18-29-27)23-15-9-10-16-24(23)31-2/h3-19H,1-2H3. The Hall–Kier alpha value is -3.57. The first-order valence-electron chi connectivity index (χ1n) is 10.5. The van der Waals surface area contributed by atoms with Gasteiger partial charge in [0.05, 0.1) is 18.2 Å². The fraction of sp³-hybridized carbons (Fsp3) is 0.111. The van der Waals surface area contributed by atoms with E-state index in [9.17, 15) is 0 Å². The first kappa shape index (κ1) is 20.3. The smallest absolute Gasteiger partial charge is 0.149 e. The van der Waals surface area contributed by atoms with Gasteiger partial charge in [0.2, 0.25) is 0 Å². The molecule has 5 rings (SSSR count). The van der Waals surface area contributed by atoms with Gasteiger partial charge in [-0.3, -0.25) is 4.57 Å². The fourth-order valence-electron chi connectivity index (χ4n) is 3.93. The SMILES string of the molecule is COc1ccccc1-n1cc(-c2ccccc2)c2c(SC(C)c3ccccc3)ncnc21. The van der Waals surface area contributed by atoms with E-state index in [-0.39, 0.29) is 5.25 Å². The van der Waals surface area contributed by atoms with Gasteiger partial charge in [-0.1, -0.05) is 84.6 Å². The summed E-state index contributed by atoms with van der Waals surface area (Å²) in [6.07, 6.45) is 3.80. The minimum atomic E-state index is 0.257. The molecule has 0 N–H and O–H groups in total. The van der Waals surface area contributed by atoms with Crippen LogP contribution in [0, 0.1) is 0 Å². The van der Waals surface area contributed by atoms with Gasteiger partial charge in [-0.2, -0.15) is 0 Å². The number of fused-ring (bicyclic) bond motifs is 1. The van der Waals surface area contributed by atoms with Crippen LogP contribution in [0.3, 0.4) is 0 Å². The molecule has 5 aromatic rings. The Morgan fingerprint density at radius 2 is 1.53 bits per heavy atom. The highest BCUT2D eigenvalue weighted by atomic mass is 32.2. The Morgan fingerprint density at radius 3 is 2.28 bits per heavy atom. The summed E-state index contributed by atoms with van der Waals surface area (Å²) in [6, 6.07) is 28.9. The average Bonchev–Trinajstić information content (AvgIpc) is 3.25. The lowest BCUT2D eigenvalue weighted by molar-refractivity contribution is 0.413. The molecule has 0 aliphatic rings. The molecule has 0 bridgehead atoms. The van der Waals surface area contributed by atoms with Gasteiger partial charge in [-0.05, 0) is 30.2 Å². The summed E-state index contributed by atoms with van der Waals surface area (Å²) in [7, 11) is 1.69. The molecular formula is C27H23N3OS. The molecule has 4 nitrogen and oxygen atoms in total. The molecule has 5 heteroatoms. The topological polar surface area (TPSA) is 39.9 Å². The zero-order chi connectivity index (χ0) is 21.9. The predicted octanol–water partition coefficient (Wildman–Crippen LogP) is 6.95. The van der Waals surface area contributed by atoms with Crippen LogP contribution < -0.4 is 4.74 Å². The number of para-hydroxylation sites is 2. The van der Waals surface area contributed by atoms with Crippen molar-refractivity contribution in [2.75, 3.05) is 7.11 Å². The van der Waals surface area contributed by atoms with E-state index >= 15 is 0 Å². The number of thioether (sulfide) groups is 1. The van der Waals surface area contributed by atoms with Crippen molar-refractivity contribution in [2.45, 2.75) is 17.2 Å². The van der Waals surface area contributed by atoms with Gasteiger partial charge in [0.25, 0.3) is 0 Å². The van der Waals surface area contributed by atoms with Gasteiger partial charge in [0, 0.05) is 17.0 Å². The molecule has 1 atom stereocenters. The second kappa shape index (κ2) is 8.89. The van der Waals surface area contributed by atoms with Gasteiger partial charge in [-0.25, -0.2) is 9.97 Å². The van der Waals surface area contributed by atoms with E-state index in [1.54, 1.807) is 25.2 Å². The Labute approximate surface area is 191 Å². The van der Waals surface area contributed by atoms with Crippen molar-refractivity contribution in [3.8, 4) is 22.6 Å². The molecule has 3 aromatic carbocycles. The third-order valence-electron chi connectivity index (χ3n) is 5.54. The summed E-state index contributed by atoms with van der Waals surface area (Å²) >= 11 is 1.76. The van der Waals surface area contributed by atoms with Crippen LogP contribution in [0.2, 0.25) is 0 Å². The molecule has 158 valence electrons. The van der Waals surface area contributed by atoms with E-state index in [1.165, 1.54) is 5.56 Å². The van der Waals surface area contributed by atoms with E-state index in [2.05, 4.69) is 72.3 Å². The van der Waals surface area contributed by atoms with Gasteiger partial charge >= 0.3 is 0 Å². The van der Waals surface area contributed by atoms with Crippen LogP contribution in [0.25, 0.3) is 27.8 Å². The van der Waals surface area contributed by atoms with Crippen molar-refractivity contribution < 1.29 is 4.74 Å². The molecule has 0 radical (unpaired) electrons. The van der Waals surface area contributed by atoms with Crippen molar-refractivity contribution in [2.24, 2.45) is 0 Å². The summed E-state index contributed by atoms with van der Waals surface area (Å²) in [4.78, 5) is 9.42. The van der Waals surface area contributed by atoms with E-state index in [0.29, 0.717) is 0 Å². The molecule has 0 aliphatic carbocycles. The fourth-order valence-corrected chi connectivity index (χ4v) is 4.99. The maximum absolute atomic E-state index is 5.65. The van der Waals surface area contributed by atoms with Crippen molar-refractivity contribution >= 4 is 22.8 Å². The molecule has 2 aromatic heterocycles. The number of rotatable bonds is 6. The van der Waals surface area contributed by atoms with Crippen LogP contribution in [0.5, 0.6) is 5.75 Å². The second-order valence-corrected chi connectivity index (χ2v) is 8.83. The summed E-state index contributed by atoms with van der Waals surface area (Å²) in [5.74, 6) is 0.800. The monoisotopic (exact) mass is 437 g/mol. The number of methoxy groups -OCH3 is 1. The van der Waals surface area contributed by atoms with Crippen molar-refractivity contribution in [3.05, 3.63) is 103 Å². The number of aromatic nitrogens is 3. The van der Waals surface area contributed by atoms with Gasteiger partial charge < -0.3 is 4.74 Å². The number of hydrogen-bond donors (Lipinski definition) is 0. The largest absolute Gasteiger partial charge is 0.495 e. The van der Waals surface area contributed by atoms with Crippen LogP contribution in [0.15, 0.2) is 102 Å². The molecule has 2 heterocycles. The van der Waals surface area contributed by atoms with E-state index in [4.69, 9.17) is 14.7 Å². The normalized spacial score (nSPS) is 12.1. The van der Waals surface area contributed by atoms with Crippen molar-refractivity contribution in [1.29, 1.82) is 0 Å². The van der Waals surface area contributed by atoms with Gasteiger partial charge in [0.1, 0.15) is 22.7 Å². The number of hydrogen-bond acceptors (Lipinski definition) is 4. The number of ether oxygens (including phenoxy) is 1. The summed E-state index contributed by atoms with van der Waals surface area (Å²) < 4.78 is 7.75. The van der Waals surface area contributed by atoms with Crippen LogP contribution >= 0.6 is 11.8 Å². The number of benzene rings is 3. The minimum absolute atomic E-state index is 0.257. The van der Waals surface area contributed by atoms with Gasteiger partial charge in [-0.15, -0.1) is 0 Å². The van der Waals surface area contributed by atoms with Gasteiger partial charge in [0.15, 0.2) is 0 Å². The zero-order valence-corrected chi connectivity index (χ0v) is 18.8. The summed E-state index contributed by atoms with van der Waals surface area (Å²) in [6.45, 7) is 2.22. The van der Waals surface area contributed by atoms with E-state index in [0.717, 1.165) is 38.6 Å². The minimum Gasteiger partial charge on any atom is -0.495 e. The maximum Gasteiger partial charge on any atom is 0.149 e. The molecule has 32 heavy (non-hydrogen) atoms. The third-order valence-corrected chi connectivity index (χ3v) is 6.69. The second-order valence-electron chi connectivity index (χ2n) is 7.50. The lowest BCUT2D eigenvalue weighted by Gasteiger charge is -2.13. The zero-order valence-electron chi connectivity index (χ0n) is 18.0. The number of nitrogens with zero attached hydrogens (tertiary/aromatic N) is 3. The highest BCUT2D eigenvalue weighted by Gasteiger charge is 2.20. The molecule has 0 aliphatic heterocycles. The predicted molar refractivity (Wildman–Crippen MR) is 132 cm³/mol. The first-order chi connectivity index (χ1) is 15.8.